The molecule has 0 bridgehead atoms. The van der Waals surface area contributed by atoms with Gasteiger partial charge in [-0.2, -0.15) is 0 Å². The molecule has 0 fully saturated rings. The van der Waals surface area contributed by atoms with Crippen LogP contribution < -0.4 is 5.32 Å². The topological polar surface area (TPSA) is 63.6 Å². The van der Waals surface area contributed by atoms with Gasteiger partial charge in [0.2, 0.25) is 0 Å². The normalized spacial score (nSPS) is 10.6. The van der Waals surface area contributed by atoms with Gasteiger partial charge in [0.15, 0.2) is 5.65 Å². The standard InChI is InChI=1S/C14H13N5/c1-10-3-2-4-11(18-10)9-17-13-6-5-12-14(19-13)16-8-7-15-12/h2-8H,9H2,1H3,(H,16,17,19). The van der Waals surface area contributed by atoms with Gasteiger partial charge in [-0.25, -0.2) is 9.97 Å². The second kappa shape index (κ2) is 4.97. The van der Waals surface area contributed by atoms with Crippen molar-refractivity contribution in [1.29, 1.82) is 0 Å². The Bertz CT molecular complexity index is 711. The van der Waals surface area contributed by atoms with Gasteiger partial charge in [-0.05, 0) is 31.2 Å². The van der Waals surface area contributed by atoms with Gasteiger partial charge >= 0.3 is 0 Å². The molecule has 0 amide bonds. The van der Waals surface area contributed by atoms with E-state index in [9.17, 15) is 0 Å². The molecule has 94 valence electrons. The van der Waals surface area contributed by atoms with E-state index in [2.05, 4.69) is 25.3 Å². The summed E-state index contributed by atoms with van der Waals surface area (Å²) in [6.45, 7) is 2.62. The van der Waals surface area contributed by atoms with Crippen LogP contribution in [0, 0.1) is 6.92 Å². The van der Waals surface area contributed by atoms with E-state index in [0.29, 0.717) is 12.2 Å². The van der Waals surface area contributed by atoms with Crippen molar-refractivity contribution in [3.05, 3.63) is 54.1 Å². The summed E-state index contributed by atoms with van der Waals surface area (Å²) in [4.78, 5) is 17.2. The van der Waals surface area contributed by atoms with Crippen LogP contribution in [0.4, 0.5) is 5.82 Å². The first-order valence-corrected chi connectivity index (χ1v) is 6.05. The molecule has 0 aliphatic rings. The molecule has 0 aromatic carbocycles. The highest BCUT2D eigenvalue weighted by molar-refractivity contribution is 5.71. The zero-order chi connectivity index (χ0) is 13.1. The number of rotatable bonds is 3. The van der Waals surface area contributed by atoms with Crippen LogP contribution in [0.5, 0.6) is 0 Å². The average Bonchev–Trinajstić information content (AvgIpc) is 2.45. The number of nitrogens with zero attached hydrogens (tertiary/aromatic N) is 4. The number of anilines is 1. The minimum absolute atomic E-state index is 0.639. The molecule has 3 rings (SSSR count). The first kappa shape index (κ1) is 11.5. The number of pyridine rings is 2. The molecule has 3 aromatic rings. The number of hydrogen-bond donors (Lipinski definition) is 1. The lowest BCUT2D eigenvalue weighted by Gasteiger charge is -2.06. The molecule has 5 heteroatoms. The van der Waals surface area contributed by atoms with Gasteiger partial charge in [0, 0.05) is 18.1 Å². The predicted molar refractivity (Wildman–Crippen MR) is 73.6 cm³/mol. The molecular weight excluding hydrogens is 238 g/mol. The van der Waals surface area contributed by atoms with Crippen LogP contribution in [0.2, 0.25) is 0 Å². The molecule has 0 radical (unpaired) electrons. The molecule has 3 aromatic heterocycles. The van der Waals surface area contributed by atoms with Crippen LogP contribution in [-0.2, 0) is 6.54 Å². The lowest BCUT2D eigenvalue weighted by atomic mass is 10.3. The van der Waals surface area contributed by atoms with Crippen LogP contribution in [-0.4, -0.2) is 19.9 Å². The number of aromatic nitrogens is 4. The summed E-state index contributed by atoms with van der Waals surface area (Å²) in [7, 11) is 0. The number of aryl methyl sites for hydroxylation is 1. The molecule has 19 heavy (non-hydrogen) atoms. The summed E-state index contributed by atoms with van der Waals surface area (Å²) in [5.74, 6) is 0.774. The van der Waals surface area contributed by atoms with Crippen molar-refractivity contribution >= 4 is 17.0 Å². The highest BCUT2D eigenvalue weighted by atomic mass is 15.0. The van der Waals surface area contributed by atoms with Crippen LogP contribution in [0.15, 0.2) is 42.7 Å². The molecule has 0 aliphatic heterocycles. The molecule has 0 aliphatic carbocycles. The molecule has 0 saturated heterocycles. The summed E-state index contributed by atoms with van der Waals surface area (Å²) < 4.78 is 0. The van der Waals surface area contributed by atoms with Crippen LogP contribution in [0.1, 0.15) is 11.4 Å². The SMILES string of the molecule is Cc1cccc(CNc2ccc3nccnc3n2)n1. The maximum absolute atomic E-state index is 4.43. The van der Waals surface area contributed by atoms with Gasteiger partial charge in [-0.3, -0.25) is 9.97 Å². The summed E-state index contributed by atoms with van der Waals surface area (Å²) >= 11 is 0. The van der Waals surface area contributed by atoms with Crippen LogP contribution in [0.25, 0.3) is 11.2 Å². The summed E-state index contributed by atoms with van der Waals surface area (Å²) in [5, 5.41) is 3.24. The van der Waals surface area contributed by atoms with E-state index in [1.165, 1.54) is 0 Å². The van der Waals surface area contributed by atoms with Crippen molar-refractivity contribution in [2.75, 3.05) is 5.32 Å². The maximum atomic E-state index is 4.43. The molecule has 0 saturated carbocycles. The van der Waals surface area contributed by atoms with E-state index < -0.39 is 0 Å². The van der Waals surface area contributed by atoms with E-state index in [0.717, 1.165) is 22.7 Å². The largest absolute Gasteiger partial charge is 0.364 e. The van der Waals surface area contributed by atoms with Crippen molar-refractivity contribution in [2.45, 2.75) is 13.5 Å². The Kier molecular flexibility index (Phi) is 3.02. The second-order valence-electron chi connectivity index (χ2n) is 4.22. The maximum Gasteiger partial charge on any atom is 0.180 e. The average molecular weight is 251 g/mol. The van der Waals surface area contributed by atoms with E-state index >= 15 is 0 Å². The van der Waals surface area contributed by atoms with Crippen molar-refractivity contribution in [2.24, 2.45) is 0 Å². The third-order valence-corrected chi connectivity index (χ3v) is 2.73. The molecule has 5 nitrogen and oxygen atoms in total. The Morgan fingerprint density at radius 2 is 1.89 bits per heavy atom. The summed E-state index contributed by atoms with van der Waals surface area (Å²) in [6.07, 6.45) is 3.30. The number of nitrogens with one attached hydrogen (secondary N) is 1. The van der Waals surface area contributed by atoms with Gasteiger partial charge < -0.3 is 5.32 Å². The van der Waals surface area contributed by atoms with E-state index in [-0.39, 0.29) is 0 Å². The number of hydrogen-bond acceptors (Lipinski definition) is 5. The van der Waals surface area contributed by atoms with Crippen molar-refractivity contribution < 1.29 is 0 Å². The quantitative estimate of drug-likeness (QED) is 0.774. The Balaban J connectivity index is 1.78. The highest BCUT2D eigenvalue weighted by Crippen LogP contribution is 2.11. The van der Waals surface area contributed by atoms with Gasteiger partial charge in [-0.1, -0.05) is 6.07 Å². The predicted octanol–water partition coefficient (Wildman–Crippen LogP) is 2.34. The van der Waals surface area contributed by atoms with Crippen molar-refractivity contribution in [1.82, 2.24) is 19.9 Å². The first-order chi connectivity index (χ1) is 9.31. The fourth-order valence-corrected chi connectivity index (χ4v) is 1.83. The Labute approximate surface area is 110 Å². The minimum atomic E-state index is 0.639. The Hall–Kier alpha value is -2.56. The zero-order valence-electron chi connectivity index (χ0n) is 10.5. The Morgan fingerprint density at radius 1 is 1.00 bits per heavy atom. The fraction of sp³-hybridized carbons (Fsp3) is 0.143. The van der Waals surface area contributed by atoms with Gasteiger partial charge in [0.05, 0.1) is 12.2 Å². The highest BCUT2D eigenvalue weighted by Gasteiger charge is 2.00. The number of fused-ring (bicyclic) bond motifs is 1. The third-order valence-electron chi connectivity index (χ3n) is 2.73. The lowest BCUT2D eigenvalue weighted by molar-refractivity contribution is 1.00. The monoisotopic (exact) mass is 251 g/mol. The molecule has 0 atom stereocenters. The second-order valence-corrected chi connectivity index (χ2v) is 4.22. The first-order valence-electron chi connectivity index (χ1n) is 6.05. The Morgan fingerprint density at radius 3 is 2.79 bits per heavy atom. The molecule has 0 spiro atoms. The van der Waals surface area contributed by atoms with Crippen molar-refractivity contribution in [3.63, 3.8) is 0 Å². The molecule has 0 unspecified atom stereocenters. The fourth-order valence-electron chi connectivity index (χ4n) is 1.83. The molecule has 3 heterocycles. The third kappa shape index (κ3) is 2.65. The zero-order valence-corrected chi connectivity index (χ0v) is 10.5. The van der Waals surface area contributed by atoms with Crippen LogP contribution >= 0.6 is 0 Å². The van der Waals surface area contributed by atoms with Gasteiger partial charge in [-0.15, -0.1) is 0 Å². The van der Waals surface area contributed by atoms with Gasteiger partial charge in [0.25, 0.3) is 0 Å². The van der Waals surface area contributed by atoms with E-state index in [1.807, 2.05) is 37.3 Å². The molecular formula is C14H13N5. The van der Waals surface area contributed by atoms with Gasteiger partial charge in [0.1, 0.15) is 11.3 Å². The smallest absolute Gasteiger partial charge is 0.180 e. The van der Waals surface area contributed by atoms with E-state index in [4.69, 9.17) is 0 Å². The van der Waals surface area contributed by atoms with E-state index in [1.54, 1.807) is 12.4 Å². The summed E-state index contributed by atoms with van der Waals surface area (Å²) in [6, 6.07) is 9.76. The lowest BCUT2D eigenvalue weighted by Crippen LogP contribution is -2.04. The molecule has 1 N–H and O–H groups in total. The summed E-state index contributed by atoms with van der Waals surface area (Å²) in [5.41, 5.74) is 3.43. The minimum Gasteiger partial charge on any atom is -0.364 e. The van der Waals surface area contributed by atoms with Crippen LogP contribution in [0.3, 0.4) is 0 Å². The van der Waals surface area contributed by atoms with Crippen molar-refractivity contribution in [3.8, 4) is 0 Å².